The summed E-state index contributed by atoms with van der Waals surface area (Å²) >= 11 is 5.74. The maximum atomic E-state index is 13.2. The van der Waals surface area contributed by atoms with Gasteiger partial charge in [0.05, 0.1) is 0 Å². The molecule has 0 saturated carbocycles. The molecular weight excluding hydrogens is 243 g/mol. The van der Waals surface area contributed by atoms with Gasteiger partial charge in [-0.3, -0.25) is 0 Å². The van der Waals surface area contributed by atoms with E-state index in [-0.39, 0.29) is 35.5 Å². The van der Waals surface area contributed by atoms with Crippen molar-refractivity contribution in [3.8, 4) is 0 Å². The minimum Gasteiger partial charge on any atom is -0.327 e. The molecule has 0 amide bonds. The average molecular weight is 256 g/mol. The van der Waals surface area contributed by atoms with E-state index < -0.39 is 11.6 Å². The van der Waals surface area contributed by atoms with E-state index >= 15 is 0 Å². The summed E-state index contributed by atoms with van der Waals surface area (Å²) < 4.78 is 26.1. The summed E-state index contributed by atoms with van der Waals surface area (Å²) in [6.07, 6.45) is 0.964. The van der Waals surface area contributed by atoms with E-state index in [1.54, 1.807) is 0 Å². The quantitative estimate of drug-likeness (QED) is 0.825. The predicted molar refractivity (Wildman–Crippen MR) is 60.6 cm³/mol. The van der Waals surface area contributed by atoms with Gasteiger partial charge in [-0.15, -0.1) is 12.4 Å². The summed E-state index contributed by atoms with van der Waals surface area (Å²) in [4.78, 5) is 0. The molecule has 1 aromatic carbocycles. The van der Waals surface area contributed by atoms with Crippen LogP contribution in [0.3, 0.4) is 0 Å². The minimum absolute atomic E-state index is 0. The number of nitrogens with two attached hydrogens (primary N) is 1. The van der Waals surface area contributed by atoms with Gasteiger partial charge in [0.1, 0.15) is 0 Å². The topological polar surface area (TPSA) is 26.0 Å². The van der Waals surface area contributed by atoms with Gasteiger partial charge in [0.25, 0.3) is 0 Å². The highest BCUT2D eigenvalue weighted by molar-refractivity contribution is 6.31. The second-order valence-electron chi connectivity index (χ2n) is 3.19. The zero-order valence-corrected chi connectivity index (χ0v) is 9.84. The lowest BCUT2D eigenvalue weighted by molar-refractivity contribution is 0.492. The van der Waals surface area contributed by atoms with Crippen LogP contribution >= 0.6 is 24.0 Å². The lowest BCUT2D eigenvalue weighted by atomic mass is 10.0. The molecule has 0 saturated heterocycles. The Morgan fingerprint density at radius 1 is 1.40 bits per heavy atom. The molecule has 15 heavy (non-hydrogen) atoms. The first-order valence-electron chi connectivity index (χ1n) is 4.44. The third kappa shape index (κ3) is 3.59. The number of hydrogen-bond donors (Lipinski definition) is 1. The van der Waals surface area contributed by atoms with Crippen molar-refractivity contribution in [2.24, 2.45) is 5.73 Å². The SMILES string of the molecule is CCC(N)Cc1c(Cl)ccc(F)c1F.Cl. The molecule has 1 aromatic rings. The Balaban J connectivity index is 0.00000196. The van der Waals surface area contributed by atoms with Crippen molar-refractivity contribution in [3.63, 3.8) is 0 Å². The molecule has 1 unspecified atom stereocenters. The number of hydrogen-bond acceptors (Lipinski definition) is 1. The van der Waals surface area contributed by atoms with E-state index in [4.69, 9.17) is 17.3 Å². The van der Waals surface area contributed by atoms with Crippen molar-refractivity contribution >= 4 is 24.0 Å². The summed E-state index contributed by atoms with van der Waals surface area (Å²) in [6, 6.07) is 2.17. The van der Waals surface area contributed by atoms with E-state index in [1.807, 2.05) is 6.92 Å². The van der Waals surface area contributed by atoms with Crippen LogP contribution in [0.25, 0.3) is 0 Å². The van der Waals surface area contributed by atoms with Gasteiger partial charge in [-0.2, -0.15) is 0 Å². The van der Waals surface area contributed by atoms with Gasteiger partial charge in [-0.05, 0) is 25.0 Å². The van der Waals surface area contributed by atoms with Crippen LogP contribution in [0.15, 0.2) is 12.1 Å². The van der Waals surface area contributed by atoms with Crippen molar-refractivity contribution in [3.05, 3.63) is 34.4 Å². The largest absolute Gasteiger partial charge is 0.327 e. The summed E-state index contributed by atoms with van der Waals surface area (Å²) in [5, 5.41) is 0.229. The molecular formula is C10H13Cl2F2N. The summed E-state index contributed by atoms with van der Waals surface area (Å²) in [5.74, 6) is -1.77. The van der Waals surface area contributed by atoms with Crippen LogP contribution in [0.1, 0.15) is 18.9 Å². The van der Waals surface area contributed by atoms with Crippen LogP contribution in [-0.4, -0.2) is 6.04 Å². The van der Waals surface area contributed by atoms with Crippen molar-refractivity contribution in [2.45, 2.75) is 25.8 Å². The van der Waals surface area contributed by atoms with Gasteiger partial charge in [-0.1, -0.05) is 18.5 Å². The number of rotatable bonds is 3. The van der Waals surface area contributed by atoms with Crippen molar-refractivity contribution in [1.29, 1.82) is 0 Å². The monoisotopic (exact) mass is 255 g/mol. The maximum Gasteiger partial charge on any atom is 0.163 e. The highest BCUT2D eigenvalue weighted by atomic mass is 35.5. The molecule has 0 heterocycles. The smallest absolute Gasteiger partial charge is 0.163 e. The third-order valence-corrected chi connectivity index (χ3v) is 2.48. The summed E-state index contributed by atoms with van der Waals surface area (Å²) in [7, 11) is 0. The highest BCUT2D eigenvalue weighted by Gasteiger charge is 2.14. The first-order chi connectivity index (χ1) is 6.56. The standard InChI is InChI=1S/C10H12ClF2N.ClH/c1-2-6(14)5-7-8(11)3-4-9(12)10(7)13;/h3-4,6H,2,5,14H2,1H3;1H. The van der Waals surface area contributed by atoms with Crippen molar-refractivity contribution in [1.82, 2.24) is 0 Å². The Kier molecular flexibility index (Phi) is 6.10. The van der Waals surface area contributed by atoms with Crippen molar-refractivity contribution in [2.75, 3.05) is 0 Å². The Bertz CT molecular complexity index is 331. The second kappa shape index (κ2) is 6.26. The molecule has 2 N–H and O–H groups in total. The Labute approximate surface area is 99.0 Å². The molecule has 1 nitrogen and oxygen atoms in total. The van der Waals surface area contributed by atoms with Gasteiger partial charge in [0, 0.05) is 16.6 Å². The van der Waals surface area contributed by atoms with E-state index in [9.17, 15) is 8.78 Å². The molecule has 0 aliphatic rings. The van der Waals surface area contributed by atoms with Crippen LogP contribution in [0, 0.1) is 11.6 Å². The second-order valence-corrected chi connectivity index (χ2v) is 3.60. The fraction of sp³-hybridized carbons (Fsp3) is 0.400. The Morgan fingerprint density at radius 2 is 2.00 bits per heavy atom. The van der Waals surface area contributed by atoms with Crippen LogP contribution in [-0.2, 0) is 6.42 Å². The van der Waals surface area contributed by atoms with E-state index in [0.29, 0.717) is 6.42 Å². The first-order valence-corrected chi connectivity index (χ1v) is 4.82. The molecule has 0 radical (unpaired) electrons. The van der Waals surface area contributed by atoms with Gasteiger partial charge in [0.2, 0.25) is 0 Å². The summed E-state index contributed by atoms with van der Waals surface area (Å²) in [5.41, 5.74) is 5.81. The molecule has 1 rings (SSSR count). The molecule has 1 atom stereocenters. The molecule has 0 spiro atoms. The zero-order valence-electron chi connectivity index (χ0n) is 8.27. The van der Waals surface area contributed by atoms with Crippen LogP contribution < -0.4 is 5.73 Å². The van der Waals surface area contributed by atoms with Crippen LogP contribution in [0.5, 0.6) is 0 Å². The lowest BCUT2D eigenvalue weighted by Gasteiger charge is -2.11. The highest BCUT2D eigenvalue weighted by Crippen LogP contribution is 2.22. The molecule has 5 heteroatoms. The van der Waals surface area contributed by atoms with E-state index in [2.05, 4.69) is 0 Å². The zero-order chi connectivity index (χ0) is 10.7. The van der Waals surface area contributed by atoms with E-state index in [1.165, 1.54) is 6.07 Å². The Morgan fingerprint density at radius 3 is 2.53 bits per heavy atom. The van der Waals surface area contributed by atoms with Crippen molar-refractivity contribution < 1.29 is 8.78 Å². The predicted octanol–water partition coefficient (Wildman–Crippen LogP) is 3.32. The maximum absolute atomic E-state index is 13.2. The number of halogens is 4. The average Bonchev–Trinajstić information content (AvgIpc) is 2.18. The molecule has 86 valence electrons. The van der Waals surface area contributed by atoms with Gasteiger partial charge < -0.3 is 5.73 Å². The minimum atomic E-state index is -0.888. The lowest BCUT2D eigenvalue weighted by Crippen LogP contribution is -2.22. The molecule has 0 aromatic heterocycles. The number of benzene rings is 1. The molecule has 0 aliphatic carbocycles. The van der Waals surface area contributed by atoms with Gasteiger partial charge in [-0.25, -0.2) is 8.78 Å². The normalized spacial score (nSPS) is 12.1. The fourth-order valence-electron chi connectivity index (χ4n) is 1.16. The van der Waals surface area contributed by atoms with Gasteiger partial charge in [0.15, 0.2) is 11.6 Å². The van der Waals surface area contributed by atoms with Gasteiger partial charge >= 0.3 is 0 Å². The van der Waals surface area contributed by atoms with Crippen LogP contribution in [0.2, 0.25) is 5.02 Å². The molecule has 0 aliphatic heterocycles. The Hall–Kier alpha value is -0.380. The third-order valence-electron chi connectivity index (χ3n) is 2.13. The van der Waals surface area contributed by atoms with E-state index in [0.717, 1.165) is 6.07 Å². The molecule has 0 bridgehead atoms. The fourth-order valence-corrected chi connectivity index (χ4v) is 1.39. The summed E-state index contributed by atoms with van der Waals surface area (Å²) in [6.45, 7) is 1.88. The molecule has 0 fully saturated rings. The van der Waals surface area contributed by atoms with Crippen LogP contribution in [0.4, 0.5) is 8.78 Å². The first kappa shape index (κ1) is 14.6.